The van der Waals surface area contributed by atoms with E-state index < -0.39 is 0 Å². The summed E-state index contributed by atoms with van der Waals surface area (Å²) in [5, 5.41) is 4.16. The van der Waals surface area contributed by atoms with E-state index >= 15 is 0 Å². The molecule has 5 nitrogen and oxygen atoms in total. The van der Waals surface area contributed by atoms with E-state index in [1.165, 1.54) is 6.33 Å². The number of aromatic nitrogens is 2. The molecule has 0 spiro atoms. The minimum absolute atomic E-state index is 0.0467. The van der Waals surface area contributed by atoms with E-state index in [4.69, 9.17) is 4.74 Å². The quantitative estimate of drug-likeness (QED) is 0.942. The van der Waals surface area contributed by atoms with Gasteiger partial charge in [0.25, 0.3) is 0 Å². The van der Waals surface area contributed by atoms with Crippen LogP contribution in [0, 0.1) is 5.41 Å². The van der Waals surface area contributed by atoms with Gasteiger partial charge in [0.1, 0.15) is 12.4 Å². The molecule has 1 aromatic carbocycles. The number of hydrogen-bond acceptors (Lipinski definition) is 5. The molecule has 116 valence electrons. The Morgan fingerprint density at radius 2 is 2.05 bits per heavy atom. The largest absolute Gasteiger partial charge is 0.472 e. The lowest BCUT2D eigenvalue weighted by molar-refractivity contribution is -0.128. The van der Waals surface area contributed by atoms with Crippen molar-refractivity contribution in [3.8, 4) is 5.88 Å². The van der Waals surface area contributed by atoms with Crippen molar-refractivity contribution in [3.63, 3.8) is 0 Å². The Balaban J connectivity index is 1.73. The van der Waals surface area contributed by atoms with Gasteiger partial charge in [-0.25, -0.2) is 9.97 Å². The molecule has 0 bridgehead atoms. The van der Waals surface area contributed by atoms with E-state index in [0.717, 1.165) is 10.9 Å². The molecule has 0 saturated carbocycles. The number of benzene rings is 1. The molecule has 2 unspecified atom stereocenters. The fraction of sp³-hybridized carbons (Fsp3) is 0.471. The number of ketones is 1. The maximum Gasteiger partial charge on any atom is 0.224 e. The van der Waals surface area contributed by atoms with Crippen molar-refractivity contribution in [1.29, 1.82) is 0 Å². The van der Waals surface area contributed by atoms with Gasteiger partial charge < -0.3 is 10.1 Å². The van der Waals surface area contributed by atoms with E-state index in [1.54, 1.807) is 0 Å². The van der Waals surface area contributed by atoms with Gasteiger partial charge in [-0.2, -0.15) is 0 Å². The number of Topliss-reactive ketones (excluding diaryl/α,β-unsaturated/α-hetero) is 1. The Morgan fingerprint density at radius 3 is 2.82 bits per heavy atom. The number of carbonyl (C=O) groups excluding carboxylic acids is 1. The first-order valence-corrected chi connectivity index (χ1v) is 7.59. The highest BCUT2D eigenvalue weighted by molar-refractivity contribution is 5.89. The Morgan fingerprint density at radius 1 is 1.27 bits per heavy atom. The smallest absolute Gasteiger partial charge is 0.224 e. The second-order valence-corrected chi connectivity index (χ2v) is 6.75. The van der Waals surface area contributed by atoms with Gasteiger partial charge in [0, 0.05) is 18.4 Å². The molecule has 1 N–H and O–H groups in total. The minimum Gasteiger partial charge on any atom is -0.472 e. The summed E-state index contributed by atoms with van der Waals surface area (Å²) < 4.78 is 6.02. The van der Waals surface area contributed by atoms with Crippen LogP contribution in [-0.2, 0) is 4.79 Å². The molecule has 2 atom stereocenters. The number of rotatable bonds is 3. The van der Waals surface area contributed by atoms with Crippen molar-refractivity contribution in [2.45, 2.75) is 39.3 Å². The van der Waals surface area contributed by atoms with E-state index in [1.807, 2.05) is 45.0 Å². The van der Waals surface area contributed by atoms with Crippen LogP contribution in [0.1, 0.15) is 27.2 Å². The summed E-state index contributed by atoms with van der Waals surface area (Å²) in [4.78, 5) is 20.8. The van der Waals surface area contributed by atoms with E-state index in [2.05, 4.69) is 15.3 Å². The number of fused-ring (bicyclic) bond motifs is 1. The summed E-state index contributed by atoms with van der Waals surface area (Å²) >= 11 is 0. The second kappa shape index (κ2) is 5.65. The number of hydrogen-bond donors (Lipinski definition) is 1. The fourth-order valence-corrected chi connectivity index (χ4v) is 2.75. The number of para-hydroxylation sites is 1. The molecule has 1 aliphatic heterocycles. The average molecular weight is 299 g/mol. The Labute approximate surface area is 130 Å². The molecule has 0 amide bonds. The Kier molecular flexibility index (Phi) is 3.83. The van der Waals surface area contributed by atoms with Crippen LogP contribution in [-0.4, -0.2) is 34.4 Å². The van der Waals surface area contributed by atoms with Crippen LogP contribution in [0.15, 0.2) is 30.6 Å². The molecule has 2 aromatic rings. The maximum absolute atomic E-state index is 12.3. The van der Waals surface area contributed by atoms with Gasteiger partial charge in [-0.3, -0.25) is 4.79 Å². The lowest BCUT2D eigenvalue weighted by Crippen LogP contribution is -2.38. The lowest BCUT2D eigenvalue weighted by atomic mass is 9.86. The van der Waals surface area contributed by atoms with Gasteiger partial charge in [0.2, 0.25) is 5.88 Å². The first-order chi connectivity index (χ1) is 10.4. The highest BCUT2D eigenvalue weighted by Gasteiger charge is 2.36. The van der Waals surface area contributed by atoms with E-state index in [9.17, 15) is 4.79 Å². The molecule has 2 heterocycles. The Bertz CT molecular complexity index is 688. The molecule has 1 aromatic heterocycles. The zero-order valence-electron chi connectivity index (χ0n) is 13.2. The van der Waals surface area contributed by atoms with Crippen LogP contribution in [0.3, 0.4) is 0 Å². The minimum atomic E-state index is -0.339. The Hall–Kier alpha value is -2.01. The van der Waals surface area contributed by atoms with E-state index in [0.29, 0.717) is 18.8 Å². The molecule has 5 heteroatoms. The van der Waals surface area contributed by atoms with E-state index in [-0.39, 0.29) is 23.3 Å². The summed E-state index contributed by atoms with van der Waals surface area (Å²) in [6.45, 7) is 6.50. The second-order valence-electron chi connectivity index (χ2n) is 6.75. The average Bonchev–Trinajstić information content (AvgIpc) is 2.94. The van der Waals surface area contributed by atoms with Crippen LogP contribution in [0.2, 0.25) is 0 Å². The lowest BCUT2D eigenvalue weighted by Gasteiger charge is -2.21. The topological polar surface area (TPSA) is 64.1 Å². The third-order valence-electron chi connectivity index (χ3n) is 3.93. The number of carbonyl (C=O) groups is 1. The third-order valence-corrected chi connectivity index (χ3v) is 3.93. The molecule has 22 heavy (non-hydrogen) atoms. The van der Waals surface area contributed by atoms with Gasteiger partial charge in [-0.05, 0) is 12.1 Å². The fourth-order valence-electron chi connectivity index (χ4n) is 2.75. The van der Waals surface area contributed by atoms with Gasteiger partial charge in [0.15, 0.2) is 5.78 Å². The first kappa shape index (κ1) is 14.9. The number of nitrogens with zero attached hydrogens (tertiary/aromatic N) is 2. The van der Waals surface area contributed by atoms with Crippen molar-refractivity contribution in [3.05, 3.63) is 30.6 Å². The molecular formula is C17H21N3O2. The third kappa shape index (κ3) is 2.95. The van der Waals surface area contributed by atoms with Crippen molar-refractivity contribution < 1.29 is 9.53 Å². The van der Waals surface area contributed by atoms with Gasteiger partial charge in [-0.15, -0.1) is 0 Å². The van der Waals surface area contributed by atoms with Crippen LogP contribution in [0.4, 0.5) is 0 Å². The standard InChI is InChI=1S/C17H21N3O2/c1-17(2,3)15(21)14-8-11(9-18-14)22-16-12-6-4-5-7-13(12)19-10-20-16/h4-7,10-11,14,18H,8-9H2,1-3H3. The highest BCUT2D eigenvalue weighted by atomic mass is 16.5. The van der Waals surface area contributed by atoms with Crippen molar-refractivity contribution in [1.82, 2.24) is 15.3 Å². The normalized spacial score (nSPS) is 22.0. The molecule has 0 radical (unpaired) electrons. The summed E-state index contributed by atoms with van der Waals surface area (Å²) in [6, 6.07) is 7.62. The highest BCUT2D eigenvalue weighted by Crippen LogP contribution is 2.26. The van der Waals surface area contributed by atoms with Crippen LogP contribution < -0.4 is 10.1 Å². The van der Waals surface area contributed by atoms with Crippen LogP contribution in [0.5, 0.6) is 5.88 Å². The molecule has 0 aliphatic carbocycles. The first-order valence-electron chi connectivity index (χ1n) is 7.59. The monoisotopic (exact) mass is 299 g/mol. The molecule has 1 fully saturated rings. The van der Waals surface area contributed by atoms with Gasteiger partial charge >= 0.3 is 0 Å². The zero-order valence-corrected chi connectivity index (χ0v) is 13.2. The van der Waals surface area contributed by atoms with Crippen molar-refractivity contribution in [2.75, 3.05) is 6.54 Å². The number of nitrogens with one attached hydrogen (secondary N) is 1. The molecular weight excluding hydrogens is 278 g/mol. The number of ether oxygens (including phenoxy) is 1. The van der Waals surface area contributed by atoms with Gasteiger partial charge in [0.05, 0.1) is 16.9 Å². The summed E-state index contributed by atoms with van der Waals surface area (Å²) in [5.74, 6) is 0.812. The molecule has 1 saturated heterocycles. The SMILES string of the molecule is CC(C)(C)C(=O)C1CC(Oc2ncnc3ccccc23)CN1. The van der Waals surface area contributed by atoms with Crippen molar-refractivity contribution in [2.24, 2.45) is 5.41 Å². The summed E-state index contributed by atoms with van der Waals surface area (Å²) in [7, 11) is 0. The summed E-state index contributed by atoms with van der Waals surface area (Å²) in [6.07, 6.45) is 2.14. The zero-order chi connectivity index (χ0) is 15.7. The predicted molar refractivity (Wildman–Crippen MR) is 84.8 cm³/mol. The molecule has 1 aliphatic rings. The van der Waals surface area contributed by atoms with Crippen molar-refractivity contribution >= 4 is 16.7 Å². The predicted octanol–water partition coefficient (Wildman–Crippen LogP) is 2.35. The molecule has 3 rings (SSSR count). The van der Waals surface area contributed by atoms with Crippen LogP contribution in [0.25, 0.3) is 10.9 Å². The van der Waals surface area contributed by atoms with Crippen LogP contribution >= 0.6 is 0 Å². The van der Waals surface area contributed by atoms with Gasteiger partial charge in [-0.1, -0.05) is 32.9 Å². The summed E-state index contributed by atoms with van der Waals surface area (Å²) in [5.41, 5.74) is 0.523. The maximum atomic E-state index is 12.3.